The summed E-state index contributed by atoms with van der Waals surface area (Å²) in [6.45, 7) is 5.61. The van der Waals surface area contributed by atoms with Gasteiger partial charge in [-0.1, -0.05) is 48.2 Å². The van der Waals surface area contributed by atoms with Crippen LogP contribution in [0, 0.1) is 0 Å². The molecule has 2 aliphatic rings. The minimum absolute atomic E-state index is 0.126. The largest absolute Gasteiger partial charge is 0.493 e. The van der Waals surface area contributed by atoms with Crippen LogP contribution in [0.25, 0.3) is 0 Å². The van der Waals surface area contributed by atoms with Gasteiger partial charge in [-0.2, -0.15) is 5.10 Å². The molecule has 202 valence electrons. The van der Waals surface area contributed by atoms with Gasteiger partial charge in [0.2, 0.25) is 0 Å². The van der Waals surface area contributed by atoms with E-state index >= 15 is 0 Å². The van der Waals surface area contributed by atoms with E-state index in [1.54, 1.807) is 14.2 Å². The molecule has 0 saturated carbocycles. The van der Waals surface area contributed by atoms with Gasteiger partial charge in [0.25, 0.3) is 5.24 Å². The van der Waals surface area contributed by atoms with Crippen molar-refractivity contribution in [3.63, 3.8) is 0 Å². The summed E-state index contributed by atoms with van der Waals surface area (Å²) >= 11 is 1.27. The normalized spacial score (nSPS) is 16.7. The highest BCUT2D eigenvalue weighted by atomic mass is 32.2. The maximum absolute atomic E-state index is 11.9. The quantitative estimate of drug-likeness (QED) is 0.289. The summed E-state index contributed by atoms with van der Waals surface area (Å²) < 4.78 is 10.7. The standard InChI is InChI=1S/C31H34N4O3S/c1-31(2)28(33-34-30(36)39-31)23-12-14-25-22(19-23)11-8-18-35(25)29(32-17-16-21-9-6-5-7-10-21)24-13-15-26(37-3)27(20-24)38-4/h5-7,9-10,12-15,19-20H,8,11,16-18H2,1-4H3,(H,34,36). The van der Waals surface area contributed by atoms with Gasteiger partial charge in [0, 0.05) is 24.3 Å². The number of carbonyl (C=O) groups is 1. The third kappa shape index (κ3) is 5.81. The number of fused-ring (bicyclic) bond motifs is 1. The molecule has 0 bridgehead atoms. The Bertz CT molecular complexity index is 1420. The first-order valence-electron chi connectivity index (χ1n) is 13.2. The van der Waals surface area contributed by atoms with Crippen molar-refractivity contribution in [2.75, 3.05) is 32.2 Å². The monoisotopic (exact) mass is 542 g/mol. The number of carbonyl (C=O) groups excluding carboxylic acids is 1. The second kappa shape index (κ2) is 11.5. The molecule has 2 aliphatic heterocycles. The number of hydrogen-bond acceptors (Lipinski definition) is 6. The zero-order valence-electron chi connectivity index (χ0n) is 22.9. The zero-order valence-corrected chi connectivity index (χ0v) is 23.7. The van der Waals surface area contributed by atoms with Crippen LogP contribution in [0.1, 0.15) is 42.5 Å². The van der Waals surface area contributed by atoms with Crippen molar-refractivity contribution < 1.29 is 14.3 Å². The summed E-state index contributed by atoms with van der Waals surface area (Å²) in [5.41, 5.74) is 9.17. The molecule has 0 radical (unpaired) electrons. The number of hydrogen-bond donors (Lipinski definition) is 1. The fourth-order valence-electron chi connectivity index (χ4n) is 5.16. The Morgan fingerprint density at radius 1 is 1.05 bits per heavy atom. The third-order valence-corrected chi connectivity index (χ3v) is 8.03. The van der Waals surface area contributed by atoms with Crippen molar-refractivity contribution in [1.29, 1.82) is 0 Å². The second-order valence-electron chi connectivity index (χ2n) is 10.1. The molecule has 2 heterocycles. The highest BCUT2D eigenvalue weighted by Crippen LogP contribution is 2.36. The first-order chi connectivity index (χ1) is 18.9. The maximum atomic E-state index is 11.9. The number of amidine groups is 1. The number of nitrogens with zero attached hydrogens (tertiary/aromatic N) is 3. The van der Waals surface area contributed by atoms with Crippen LogP contribution in [0.15, 0.2) is 76.8 Å². The number of hydrazone groups is 1. The average molecular weight is 543 g/mol. The van der Waals surface area contributed by atoms with Crippen LogP contribution in [-0.2, 0) is 12.8 Å². The van der Waals surface area contributed by atoms with Gasteiger partial charge < -0.3 is 14.4 Å². The van der Waals surface area contributed by atoms with Gasteiger partial charge in [-0.05, 0) is 80.1 Å². The molecule has 5 rings (SSSR count). The molecule has 3 aromatic rings. The molecule has 0 saturated heterocycles. The molecule has 8 heteroatoms. The molecule has 1 amide bonds. The lowest BCUT2D eigenvalue weighted by Gasteiger charge is -2.34. The summed E-state index contributed by atoms with van der Waals surface area (Å²) in [6, 6.07) is 22.9. The summed E-state index contributed by atoms with van der Waals surface area (Å²) in [5.74, 6) is 2.28. The lowest BCUT2D eigenvalue weighted by atomic mass is 9.93. The van der Waals surface area contributed by atoms with E-state index in [-0.39, 0.29) is 5.24 Å². The number of aliphatic imine (C=N–C) groups is 1. The second-order valence-corrected chi connectivity index (χ2v) is 11.7. The number of rotatable bonds is 7. The Morgan fingerprint density at radius 3 is 2.59 bits per heavy atom. The maximum Gasteiger partial charge on any atom is 0.300 e. The molecule has 0 fully saturated rings. The first-order valence-corrected chi connectivity index (χ1v) is 14.0. The third-order valence-electron chi connectivity index (χ3n) is 7.05. The lowest BCUT2D eigenvalue weighted by Crippen LogP contribution is -2.39. The number of ether oxygens (including phenoxy) is 2. The van der Waals surface area contributed by atoms with Crippen LogP contribution in [0.2, 0.25) is 0 Å². The molecular weight excluding hydrogens is 508 g/mol. The molecule has 7 nitrogen and oxygen atoms in total. The number of amides is 1. The number of anilines is 1. The van der Waals surface area contributed by atoms with Gasteiger partial charge in [0.15, 0.2) is 11.5 Å². The molecule has 0 aliphatic carbocycles. The van der Waals surface area contributed by atoms with Crippen LogP contribution in [0.5, 0.6) is 11.5 Å². The molecule has 0 aromatic heterocycles. The zero-order chi connectivity index (χ0) is 27.4. The Labute approximate surface area is 234 Å². The smallest absolute Gasteiger partial charge is 0.300 e. The van der Waals surface area contributed by atoms with Crippen molar-refractivity contribution in [1.82, 2.24) is 5.43 Å². The van der Waals surface area contributed by atoms with Crippen LogP contribution in [0.3, 0.4) is 0 Å². The van der Waals surface area contributed by atoms with E-state index in [0.717, 1.165) is 54.2 Å². The lowest BCUT2D eigenvalue weighted by molar-refractivity contribution is 0.260. The molecule has 0 atom stereocenters. The van der Waals surface area contributed by atoms with E-state index in [4.69, 9.17) is 14.5 Å². The van der Waals surface area contributed by atoms with E-state index < -0.39 is 4.75 Å². The minimum Gasteiger partial charge on any atom is -0.493 e. The van der Waals surface area contributed by atoms with Gasteiger partial charge in [-0.3, -0.25) is 9.79 Å². The van der Waals surface area contributed by atoms with E-state index in [2.05, 4.69) is 57.9 Å². The molecular formula is C31H34N4O3S. The van der Waals surface area contributed by atoms with E-state index in [9.17, 15) is 4.79 Å². The van der Waals surface area contributed by atoms with Gasteiger partial charge >= 0.3 is 0 Å². The van der Waals surface area contributed by atoms with Crippen molar-refractivity contribution in [3.05, 3.63) is 89.0 Å². The van der Waals surface area contributed by atoms with Gasteiger partial charge in [-0.15, -0.1) is 0 Å². The topological polar surface area (TPSA) is 75.5 Å². The molecule has 0 unspecified atom stereocenters. The molecule has 39 heavy (non-hydrogen) atoms. The van der Waals surface area contributed by atoms with Crippen molar-refractivity contribution in [2.45, 2.75) is 37.9 Å². The van der Waals surface area contributed by atoms with E-state index in [1.165, 1.54) is 22.9 Å². The summed E-state index contributed by atoms with van der Waals surface area (Å²) in [7, 11) is 3.30. The number of nitrogens with one attached hydrogen (secondary N) is 1. The SMILES string of the molecule is COc1ccc(C(=NCCc2ccccc2)N2CCCc3cc(C4=NNC(=O)SC4(C)C)ccc32)cc1OC. The summed E-state index contributed by atoms with van der Waals surface area (Å²) in [4.78, 5) is 19.4. The van der Waals surface area contributed by atoms with E-state index in [0.29, 0.717) is 18.0 Å². The number of aryl methyl sites for hydroxylation is 1. The predicted molar refractivity (Wildman–Crippen MR) is 160 cm³/mol. The van der Waals surface area contributed by atoms with Crippen molar-refractivity contribution in [3.8, 4) is 11.5 Å². The molecule has 3 aromatic carbocycles. The van der Waals surface area contributed by atoms with E-state index in [1.807, 2.05) is 38.1 Å². The van der Waals surface area contributed by atoms with Gasteiger partial charge in [-0.25, -0.2) is 5.43 Å². The van der Waals surface area contributed by atoms with Crippen molar-refractivity contribution in [2.24, 2.45) is 10.1 Å². The fraction of sp³-hybridized carbons (Fsp3) is 0.323. The Morgan fingerprint density at radius 2 is 1.85 bits per heavy atom. The summed E-state index contributed by atoms with van der Waals surface area (Å²) in [5, 5.41) is 4.30. The van der Waals surface area contributed by atoms with Crippen LogP contribution in [-0.4, -0.2) is 48.8 Å². The number of thioether (sulfide) groups is 1. The first kappa shape index (κ1) is 26.8. The molecule has 1 N–H and O–H groups in total. The highest BCUT2D eigenvalue weighted by Gasteiger charge is 2.34. The van der Waals surface area contributed by atoms with Gasteiger partial charge in [0.05, 0.1) is 24.7 Å². The average Bonchev–Trinajstić information content (AvgIpc) is 2.94. The van der Waals surface area contributed by atoms with Crippen LogP contribution >= 0.6 is 11.8 Å². The Balaban J connectivity index is 1.52. The highest BCUT2D eigenvalue weighted by molar-refractivity contribution is 8.15. The fourth-order valence-corrected chi connectivity index (χ4v) is 5.97. The van der Waals surface area contributed by atoms with Crippen molar-refractivity contribution >= 4 is 34.2 Å². The van der Waals surface area contributed by atoms with Gasteiger partial charge in [0.1, 0.15) is 5.84 Å². The minimum atomic E-state index is -0.408. The number of benzene rings is 3. The van der Waals surface area contributed by atoms with Crippen LogP contribution < -0.4 is 19.8 Å². The number of methoxy groups -OCH3 is 2. The molecule has 0 spiro atoms. The Kier molecular flexibility index (Phi) is 7.93. The summed E-state index contributed by atoms with van der Waals surface area (Å²) in [6.07, 6.45) is 2.83. The predicted octanol–water partition coefficient (Wildman–Crippen LogP) is 6.09. The Hall–Kier alpha value is -3.78. The van der Waals surface area contributed by atoms with Crippen LogP contribution in [0.4, 0.5) is 10.5 Å².